The first kappa shape index (κ1) is 24.0. The molecule has 1 amide bonds. The molecule has 0 bridgehead atoms. The molecule has 0 aromatic heterocycles. The van der Waals surface area contributed by atoms with Gasteiger partial charge in [-0.25, -0.2) is 4.79 Å². The number of rotatable bonds is 11. The second kappa shape index (κ2) is 11.8. The molecule has 8 heteroatoms. The SMILES string of the molecule is CCO[C@H](Cc1ccc(OC(C)C(=O)NCCc2ccc(Cl)cc2Cl)cc1)C(=O)O. The van der Waals surface area contributed by atoms with Crippen LogP contribution < -0.4 is 10.1 Å². The molecule has 0 saturated heterocycles. The minimum atomic E-state index is -0.998. The van der Waals surface area contributed by atoms with Gasteiger partial charge in [0.2, 0.25) is 0 Å². The summed E-state index contributed by atoms with van der Waals surface area (Å²) >= 11 is 12.0. The highest BCUT2D eigenvalue weighted by molar-refractivity contribution is 6.35. The monoisotopic (exact) mass is 453 g/mol. The Kier molecular flexibility index (Phi) is 9.43. The second-order valence-electron chi connectivity index (χ2n) is 6.67. The van der Waals surface area contributed by atoms with E-state index in [-0.39, 0.29) is 12.3 Å². The zero-order chi connectivity index (χ0) is 22.1. The Morgan fingerprint density at radius 2 is 1.83 bits per heavy atom. The molecular weight excluding hydrogens is 429 g/mol. The van der Waals surface area contributed by atoms with E-state index in [4.69, 9.17) is 37.8 Å². The van der Waals surface area contributed by atoms with Crippen LogP contribution >= 0.6 is 23.2 Å². The van der Waals surface area contributed by atoms with E-state index >= 15 is 0 Å². The summed E-state index contributed by atoms with van der Waals surface area (Å²) in [5, 5.41) is 13.1. The maximum atomic E-state index is 12.3. The highest BCUT2D eigenvalue weighted by atomic mass is 35.5. The van der Waals surface area contributed by atoms with Crippen molar-refractivity contribution in [3.05, 3.63) is 63.6 Å². The lowest BCUT2D eigenvalue weighted by molar-refractivity contribution is -0.150. The fourth-order valence-electron chi connectivity index (χ4n) is 2.78. The third kappa shape index (κ3) is 7.52. The van der Waals surface area contributed by atoms with Crippen molar-refractivity contribution in [1.29, 1.82) is 0 Å². The van der Waals surface area contributed by atoms with E-state index in [9.17, 15) is 9.59 Å². The number of amides is 1. The predicted molar refractivity (Wildman–Crippen MR) is 116 cm³/mol. The summed E-state index contributed by atoms with van der Waals surface area (Å²) in [5.74, 6) is -0.723. The van der Waals surface area contributed by atoms with Crippen LogP contribution in [0.25, 0.3) is 0 Å². The van der Waals surface area contributed by atoms with E-state index in [2.05, 4.69) is 5.32 Å². The summed E-state index contributed by atoms with van der Waals surface area (Å²) in [6.07, 6.45) is -0.743. The first-order valence-corrected chi connectivity index (χ1v) is 10.4. The van der Waals surface area contributed by atoms with E-state index in [0.717, 1.165) is 11.1 Å². The first-order valence-electron chi connectivity index (χ1n) is 9.61. The number of nitrogens with one attached hydrogen (secondary N) is 1. The maximum absolute atomic E-state index is 12.3. The molecule has 0 fully saturated rings. The number of carbonyl (C=O) groups is 2. The summed E-state index contributed by atoms with van der Waals surface area (Å²) in [5.41, 5.74) is 1.71. The quantitative estimate of drug-likeness (QED) is 0.533. The van der Waals surface area contributed by atoms with Crippen LogP contribution in [0.2, 0.25) is 10.0 Å². The second-order valence-corrected chi connectivity index (χ2v) is 7.51. The van der Waals surface area contributed by atoms with Gasteiger partial charge in [-0.05, 0) is 55.7 Å². The van der Waals surface area contributed by atoms with Gasteiger partial charge in [0.1, 0.15) is 5.75 Å². The van der Waals surface area contributed by atoms with Crippen LogP contribution in [-0.2, 0) is 27.2 Å². The zero-order valence-electron chi connectivity index (χ0n) is 16.9. The van der Waals surface area contributed by atoms with Gasteiger partial charge in [-0.2, -0.15) is 0 Å². The molecule has 2 N–H and O–H groups in total. The number of carboxylic acids is 1. The molecule has 6 nitrogen and oxygen atoms in total. The van der Waals surface area contributed by atoms with Crippen molar-refractivity contribution >= 4 is 35.1 Å². The van der Waals surface area contributed by atoms with Crippen molar-refractivity contribution in [3.8, 4) is 5.75 Å². The molecule has 0 heterocycles. The molecule has 0 aliphatic rings. The third-order valence-corrected chi connectivity index (χ3v) is 4.97. The average molecular weight is 454 g/mol. The molecule has 2 atom stereocenters. The minimum absolute atomic E-state index is 0.244. The zero-order valence-corrected chi connectivity index (χ0v) is 18.4. The Bertz CT molecular complexity index is 857. The summed E-state index contributed by atoms with van der Waals surface area (Å²) in [4.78, 5) is 23.4. The number of carbonyl (C=O) groups excluding carboxylic acids is 1. The molecule has 0 spiro atoms. The van der Waals surface area contributed by atoms with Crippen LogP contribution in [0.3, 0.4) is 0 Å². The van der Waals surface area contributed by atoms with Gasteiger partial charge in [-0.15, -0.1) is 0 Å². The van der Waals surface area contributed by atoms with Crippen molar-refractivity contribution in [1.82, 2.24) is 5.32 Å². The summed E-state index contributed by atoms with van der Waals surface area (Å²) in [7, 11) is 0. The Morgan fingerprint density at radius 1 is 1.13 bits per heavy atom. The Hall–Kier alpha value is -2.28. The fourth-order valence-corrected chi connectivity index (χ4v) is 3.29. The summed E-state index contributed by atoms with van der Waals surface area (Å²) in [6, 6.07) is 12.2. The summed E-state index contributed by atoms with van der Waals surface area (Å²) < 4.78 is 10.9. The molecular formula is C22H25Cl2NO5. The van der Waals surface area contributed by atoms with Crippen LogP contribution in [0.4, 0.5) is 0 Å². The number of benzene rings is 2. The van der Waals surface area contributed by atoms with Crippen LogP contribution in [0.15, 0.2) is 42.5 Å². The number of carboxylic acid groups (broad SMARTS) is 1. The van der Waals surface area contributed by atoms with Gasteiger partial charge in [-0.3, -0.25) is 4.79 Å². The Balaban J connectivity index is 1.82. The molecule has 1 unspecified atom stereocenters. The lowest BCUT2D eigenvalue weighted by Gasteiger charge is -2.16. The Morgan fingerprint density at radius 3 is 2.43 bits per heavy atom. The molecule has 162 valence electrons. The number of hydrogen-bond donors (Lipinski definition) is 2. The lowest BCUT2D eigenvalue weighted by atomic mass is 10.1. The van der Waals surface area contributed by atoms with E-state index in [1.165, 1.54) is 0 Å². The van der Waals surface area contributed by atoms with Gasteiger partial charge in [0.15, 0.2) is 12.2 Å². The molecule has 0 saturated carbocycles. The van der Waals surface area contributed by atoms with Gasteiger partial charge in [0.05, 0.1) is 0 Å². The maximum Gasteiger partial charge on any atom is 0.333 e. The molecule has 2 aromatic carbocycles. The minimum Gasteiger partial charge on any atom is -0.481 e. The average Bonchev–Trinajstić information content (AvgIpc) is 2.70. The molecule has 0 radical (unpaired) electrons. The van der Waals surface area contributed by atoms with Crippen molar-refractivity contribution in [2.45, 2.75) is 38.9 Å². The topological polar surface area (TPSA) is 84.9 Å². The van der Waals surface area contributed by atoms with Crippen LogP contribution in [0.5, 0.6) is 5.75 Å². The van der Waals surface area contributed by atoms with E-state index in [1.807, 2.05) is 6.07 Å². The molecule has 0 aliphatic heterocycles. The summed E-state index contributed by atoms with van der Waals surface area (Å²) in [6.45, 7) is 4.16. The molecule has 2 rings (SSSR count). The van der Waals surface area contributed by atoms with Crippen molar-refractivity contribution in [3.63, 3.8) is 0 Å². The normalized spacial score (nSPS) is 12.8. The standard InChI is InChI=1S/C22H25Cl2NO5/c1-3-29-20(22(27)28)12-15-4-8-18(9-5-15)30-14(2)21(26)25-11-10-16-6-7-17(23)13-19(16)24/h4-9,13-14,20H,3,10-12H2,1-2H3,(H,25,26)(H,27,28)/t14?,20-/m1/s1. The highest BCUT2D eigenvalue weighted by Gasteiger charge is 2.18. The number of aliphatic carboxylic acids is 1. The van der Waals surface area contributed by atoms with Gasteiger partial charge in [0.25, 0.3) is 5.91 Å². The number of ether oxygens (including phenoxy) is 2. The Labute approximate surface area is 186 Å². The van der Waals surface area contributed by atoms with E-state index in [0.29, 0.717) is 35.4 Å². The van der Waals surface area contributed by atoms with Crippen LogP contribution in [0.1, 0.15) is 25.0 Å². The first-order chi connectivity index (χ1) is 14.3. The van der Waals surface area contributed by atoms with Crippen molar-refractivity contribution in [2.75, 3.05) is 13.2 Å². The number of hydrogen-bond acceptors (Lipinski definition) is 4. The van der Waals surface area contributed by atoms with Crippen LogP contribution in [0, 0.1) is 0 Å². The van der Waals surface area contributed by atoms with Gasteiger partial charge in [0, 0.05) is 29.6 Å². The predicted octanol–water partition coefficient (Wildman–Crippen LogP) is 4.15. The fraction of sp³-hybridized carbons (Fsp3) is 0.364. The van der Waals surface area contributed by atoms with Gasteiger partial charge < -0.3 is 19.9 Å². The van der Waals surface area contributed by atoms with Crippen molar-refractivity contribution < 1.29 is 24.2 Å². The third-order valence-electron chi connectivity index (χ3n) is 4.38. The van der Waals surface area contributed by atoms with Crippen molar-refractivity contribution in [2.24, 2.45) is 0 Å². The van der Waals surface area contributed by atoms with Gasteiger partial charge in [-0.1, -0.05) is 41.4 Å². The molecule has 0 aliphatic carbocycles. The van der Waals surface area contributed by atoms with Gasteiger partial charge >= 0.3 is 5.97 Å². The molecule has 30 heavy (non-hydrogen) atoms. The molecule has 2 aromatic rings. The highest BCUT2D eigenvalue weighted by Crippen LogP contribution is 2.21. The van der Waals surface area contributed by atoms with Crippen LogP contribution in [-0.4, -0.2) is 42.3 Å². The van der Waals surface area contributed by atoms with E-state index < -0.39 is 18.2 Å². The lowest BCUT2D eigenvalue weighted by Crippen LogP contribution is -2.37. The van der Waals surface area contributed by atoms with E-state index in [1.54, 1.807) is 50.2 Å². The number of halogens is 2. The smallest absolute Gasteiger partial charge is 0.333 e. The largest absolute Gasteiger partial charge is 0.481 e.